The first-order chi connectivity index (χ1) is 8.05. The van der Waals surface area contributed by atoms with Gasteiger partial charge >= 0.3 is 5.97 Å². The van der Waals surface area contributed by atoms with Crippen molar-refractivity contribution in [3.8, 4) is 0 Å². The molecule has 1 aromatic rings. The second-order valence-electron chi connectivity index (χ2n) is 5.12. The zero-order valence-corrected chi connectivity index (χ0v) is 10.1. The average molecular weight is 234 g/mol. The molecule has 0 saturated heterocycles. The van der Waals surface area contributed by atoms with Crippen LogP contribution >= 0.6 is 0 Å². The fourth-order valence-corrected chi connectivity index (χ4v) is 2.36. The Hall–Kier alpha value is -1.35. The highest BCUT2D eigenvalue weighted by molar-refractivity contribution is 5.69. The van der Waals surface area contributed by atoms with E-state index in [1.165, 1.54) is 0 Å². The van der Waals surface area contributed by atoms with E-state index in [0.717, 1.165) is 5.56 Å². The summed E-state index contributed by atoms with van der Waals surface area (Å²) in [6, 6.07) is 9.64. The van der Waals surface area contributed by atoms with Crippen LogP contribution in [0.2, 0.25) is 0 Å². The van der Waals surface area contributed by atoms with E-state index in [0.29, 0.717) is 25.9 Å². The van der Waals surface area contributed by atoms with Gasteiger partial charge < -0.3 is 9.84 Å². The van der Waals surface area contributed by atoms with Gasteiger partial charge in [0.15, 0.2) is 0 Å². The molecule has 1 aliphatic carbocycles. The number of ether oxygens (including phenoxy) is 1. The molecule has 0 radical (unpaired) electrons. The van der Waals surface area contributed by atoms with Gasteiger partial charge in [0.2, 0.25) is 0 Å². The van der Waals surface area contributed by atoms with Crippen LogP contribution in [0.5, 0.6) is 0 Å². The van der Waals surface area contributed by atoms with Crippen molar-refractivity contribution in [3.05, 3.63) is 35.9 Å². The summed E-state index contributed by atoms with van der Waals surface area (Å²) in [5.74, 6) is 0.114. The maximum atomic E-state index is 11.5. The SMILES string of the molecule is CC1(O)CC(CC(=O)OCc2ccccc2)C1. The molecule has 0 spiro atoms. The number of carbonyl (C=O) groups is 1. The van der Waals surface area contributed by atoms with Gasteiger partial charge in [-0.2, -0.15) is 0 Å². The summed E-state index contributed by atoms with van der Waals surface area (Å²) in [6.45, 7) is 2.14. The van der Waals surface area contributed by atoms with Crippen LogP contribution in [0, 0.1) is 5.92 Å². The number of benzene rings is 1. The first-order valence-electron chi connectivity index (χ1n) is 5.97. The second-order valence-corrected chi connectivity index (χ2v) is 5.12. The van der Waals surface area contributed by atoms with E-state index < -0.39 is 5.60 Å². The number of carbonyl (C=O) groups excluding carboxylic acids is 1. The molecule has 0 bridgehead atoms. The van der Waals surface area contributed by atoms with Gasteiger partial charge in [0.05, 0.1) is 5.60 Å². The van der Waals surface area contributed by atoms with Crippen molar-refractivity contribution in [3.63, 3.8) is 0 Å². The summed E-state index contributed by atoms with van der Waals surface area (Å²) in [5, 5.41) is 9.55. The smallest absolute Gasteiger partial charge is 0.306 e. The van der Waals surface area contributed by atoms with E-state index in [1.54, 1.807) is 6.92 Å². The van der Waals surface area contributed by atoms with Crippen LogP contribution in [0.15, 0.2) is 30.3 Å². The first kappa shape index (κ1) is 12.1. The van der Waals surface area contributed by atoms with Crippen molar-refractivity contribution >= 4 is 5.97 Å². The number of rotatable bonds is 4. The van der Waals surface area contributed by atoms with Crippen molar-refractivity contribution < 1.29 is 14.6 Å². The molecule has 0 atom stereocenters. The Kier molecular flexibility index (Phi) is 3.48. The molecule has 0 aliphatic heterocycles. The summed E-state index contributed by atoms with van der Waals surface area (Å²) in [7, 11) is 0. The number of hydrogen-bond acceptors (Lipinski definition) is 3. The van der Waals surface area contributed by atoms with Crippen LogP contribution < -0.4 is 0 Å². The van der Waals surface area contributed by atoms with Gasteiger partial charge in [0.1, 0.15) is 6.61 Å². The Labute approximate surface area is 101 Å². The maximum absolute atomic E-state index is 11.5. The van der Waals surface area contributed by atoms with E-state index in [1.807, 2.05) is 30.3 Å². The number of hydrogen-bond donors (Lipinski definition) is 1. The van der Waals surface area contributed by atoms with Crippen molar-refractivity contribution in [1.82, 2.24) is 0 Å². The second kappa shape index (κ2) is 4.88. The minimum Gasteiger partial charge on any atom is -0.461 e. The van der Waals surface area contributed by atoms with Crippen molar-refractivity contribution in [2.75, 3.05) is 0 Å². The molecule has 1 aromatic carbocycles. The third-order valence-electron chi connectivity index (χ3n) is 3.15. The third kappa shape index (κ3) is 3.56. The molecule has 3 heteroatoms. The van der Waals surface area contributed by atoms with Gasteiger partial charge in [0, 0.05) is 6.42 Å². The molecule has 2 rings (SSSR count). The Morgan fingerprint density at radius 3 is 2.65 bits per heavy atom. The van der Waals surface area contributed by atoms with Gasteiger partial charge in [-0.1, -0.05) is 30.3 Å². The Morgan fingerprint density at radius 2 is 2.06 bits per heavy atom. The summed E-state index contributed by atoms with van der Waals surface area (Å²) >= 11 is 0. The molecule has 17 heavy (non-hydrogen) atoms. The lowest BCUT2D eigenvalue weighted by molar-refractivity contribution is -0.149. The van der Waals surface area contributed by atoms with Crippen LogP contribution in [-0.2, 0) is 16.1 Å². The zero-order valence-electron chi connectivity index (χ0n) is 10.1. The first-order valence-corrected chi connectivity index (χ1v) is 5.97. The molecular formula is C14H18O3. The normalized spacial score (nSPS) is 27.3. The maximum Gasteiger partial charge on any atom is 0.306 e. The Morgan fingerprint density at radius 1 is 1.41 bits per heavy atom. The zero-order chi connectivity index (χ0) is 12.3. The van der Waals surface area contributed by atoms with E-state index in [-0.39, 0.29) is 11.9 Å². The number of esters is 1. The summed E-state index contributed by atoms with van der Waals surface area (Å²) in [6.07, 6.45) is 1.82. The molecule has 0 unspecified atom stereocenters. The van der Waals surface area contributed by atoms with Gasteiger partial charge in [-0.05, 0) is 31.2 Å². The standard InChI is InChI=1S/C14H18O3/c1-14(16)8-12(9-14)7-13(15)17-10-11-5-3-2-4-6-11/h2-6,12,16H,7-10H2,1H3. The van der Waals surface area contributed by atoms with E-state index in [9.17, 15) is 9.90 Å². The van der Waals surface area contributed by atoms with E-state index >= 15 is 0 Å². The van der Waals surface area contributed by atoms with Crippen LogP contribution in [0.3, 0.4) is 0 Å². The topological polar surface area (TPSA) is 46.5 Å². The lowest BCUT2D eigenvalue weighted by Gasteiger charge is -2.40. The summed E-state index contributed by atoms with van der Waals surface area (Å²) in [4.78, 5) is 11.5. The minimum absolute atomic E-state index is 0.172. The molecule has 0 heterocycles. The Bertz CT molecular complexity index is 376. The van der Waals surface area contributed by atoms with Gasteiger partial charge in [-0.25, -0.2) is 0 Å². The predicted molar refractivity (Wildman–Crippen MR) is 64.2 cm³/mol. The predicted octanol–water partition coefficient (Wildman–Crippen LogP) is 2.28. The summed E-state index contributed by atoms with van der Waals surface area (Å²) < 4.78 is 5.18. The van der Waals surface area contributed by atoms with Crippen LogP contribution in [-0.4, -0.2) is 16.7 Å². The van der Waals surface area contributed by atoms with Gasteiger partial charge in [0.25, 0.3) is 0 Å². The average Bonchev–Trinajstić information content (AvgIpc) is 2.25. The molecule has 0 aromatic heterocycles. The largest absolute Gasteiger partial charge is 0.461 e. The third-order valence-corrected chi connectivity index (χ3v) is 3.15. The van der Waals surface area contributed by atoms with Crippen LogP contribution in [0.25, 0.3) is 0 Å². The monoisotopic (exact) mass is 234 g/mol. The molecule has 92 valence electrons. The van der Waals surface area contributed by atoms with E-state index in [4.69, 9.17) is 4.74 Å². The van der Waals surface area contributed by atoms with Crippen molar-refractivity contribution in [2.45, 2.75) is 38.4 Å². The highest BCUT2D eigenvalue weighted by atomic mass is 16.5. The van der Waals surface area contributed by atoms with Gasteiger partial charge in [-0.3, -0.25) is 4.79 Å². The quantitative estimate of drug-likeness (QED) is 0.813. The van der Waals surface area contributed by atoms with Crippen molar-refractivity contribution in [1.29, 1.82) is 0 Å². The highest BCUT2D eigenvalue weighted by Gasteiger charge is 2.39. The number of aliphatic hydroxyl groups is 1. The highest BCUT2D eigenvalue weighted by Crippen LogP contribution is 2.39. The van der Waals surface area contributed by atoms with Crippen LogP contribution in [0.4, 0.5) is 0 Å². The fraction of sp³-hybridized carbons (Fsp3) is 0.500. The Balaban J connectivity index is 1.69. The molecular weight excluding hydrogens is 216 g/mol. The molecule has 3 nitrogen and oxygen atoms in total. The molecule has 1 aliphatic rings. The molecule has 1 saturated carbocycles. The fourth-order valence-electron chi connectivity index (χ4n) is 2.36. The molecule has 1 fully saturated rings. The van der Waals surface area contributed by atoms with Crippen molar-refractivity contribution in [2.24, 2.45) is 5.92 Å². The molecule has 1 N–H and O–H groups in total. The summed E-state index contributed by atoms with van der Waals surface area (Å²) in [5.41, 5.74) is 0.436. The molecule has 0 amide bonds. The lowest BCUT2D eigenvalue weighted by Crippen LogP contribution is -2.41. The lowest BCUT2D eigenvalue weighted by atomic mass is 9.71. The minimum atomic E-state index is -0.565. The van der Waals surface area contributed by atoms with Crippen LogP contribution in [0.1, 0.15) is 31.7 Å². The van der Waals surface area contributed by atoms with E-state index in [2.05, 4.69) is 0 Å². The van der Waals surface area contributed by atoms with Gasteiger partial charge in [-0.15, -0.1) is 0 Å².